The van der Waals surface area contributed by atoms with Crippen LogP contribution in [0.25, 0.3) is 131 Å². The average Bonchev–Trinajstić information content (AvgIpc) is 3.99. The smallest absolute Gasteiger partial charge is 0.0500 e. The topological polar surface area (TPSA) is 31.6 Å². The monoisotopic (exact) mass is 892 g/mol. The number of H-pyrrole nitrogens is 2. The summed E-state index contributed by atoms with van der Waals surface area (Å²) in [7, 11) is 0. The van der Waals surface area contributed by atoms with E-state index in [4.69, 9.17) is 0 Å². The molecular weight excluding hydrogens is 845 g/mol. The first-order valence-electron chi connectivity index (χ1n) is 24.7. The molecule has 1 atom stereocenters. The normalized spacial score (nSPS) is 12.4. The van der Waals surface area contributed by atoms with E-state index in [1.54, 1.807) is 0 Å². The second-order valence-corrected chi connectivity index (χ2v) is 19.5. The largest absolute Gasteiger partial charge is 0.354 e. The number of benzene rings is 12. The Labute approximate surface area is 406 Å². The van der Waals surface area contributed by atoms with E-state index in [-0.39, 0.29) is 5.92 Å². The molecule has 330 valence electrons. The molecular formula is C68H48N2. The van der Waals surface area contributed by atoms with Crippen LogP contribution in [0.1, 0.15) is 30.4 Å². The molecule has 0 bridgehead atoms. The molecule has 14 rings (SSSR count). The van der Waals surface area contributed by atoms with Crippen molar-refractivity contribution in [1.82, 2.24) is 9.97 Å². The fourth-order valence-corrected chi connectivity index (χ4v) is 11.4. The minimum absolute atomic E-state index is 0.249. The van der Waals surface area contributed by atoms with Gasteiger partial charge in [-0.1, -0.05) is 165 Å². The van der Waals surface area contributed by atoms with Gasteiger partial charge >= 0.3 is 0 Å². The lowest BCUT2D eigenvalue weighted by atomic mass is 9.88. The maximum Gasteiger partial charge on any atom is 0.0500 e. The van der Waals surface area contributed by atoms with Gasteiger partial charge in [0.2, 0.25) is 0 Å². The van der Waals surface area contributed by atoms with Crippen molar-refractivity contribution in [3.8, 4) is 44.5 Å². The van der Waals surface area contributed by atoms with E-state index in [0.29, 0.717) is 0 Å². The molecule has 12 aromatic carbocycles. The van der Waals surface area contributed by atoms with Gasteiger partial charge in [-0.05, 0) is 190 Å². The summed E-state index contributed by atoms with van der Waals surface area (Å²) in [5.74, 6) is 0.249. The van der Waals surface area contributed by atoms with Crippen LogP contribution in [0.5, 0.6) is 0 Å². The van der Waals surface area contributed by atoms with Gasteiger partial charge in [-0.2, -0.15) is 0 Å². The zero-order valence-electron chi connectivity index (χ0n) is 38.9. The van der Waals surface area contributed by atoms with Crippen LogP contribution in [0, 0.1) is 0 Å². The highest BCUT2D eigenvalue weighted by atomic mass is 14.7. The van der Waals surface area contributed by atoms with Crippen LogP contribution in [-0.4, -0.2) is 9.97 Å². The Balaban J connectivity index is 0.894. The Bertz CT molecular complexity index is 4390. The van der Waals surface area contributed by atoms with E-state index in [1.807, 2.05) is 0 Å². The number of nitrogens with one attached hydrogen (secondary N) is 2. The predicted octanol–water partition coefficient (Wildman–Crippen LogP) is 19.0. The van der Waals surface area contributed by atoms with E-state index in [1.165, 1.54) is 131 Å². The highest BCUT2D eigenvalue weighted by Gasteiger charge is 2.20. The third-order valence-electron chi connectivity index (χ3n) is 15.2. The highest BCUT2D eigenvalue weighted by Crippen LogP contribution is 2.42. The quantitative estimate of drug-likeness (QED) is 0.152. The molecule has 0 saturated heterocycles. The van der Waals surface area contributed by atoms with Crippen LogP contribution in [0.15, 0.2) is 231 Å². The second kappa shape index (κ2) is 16.2. The number of hydrogen-bond acceptors (Lipinski definition) is 0. The van der Waals surface area contributed by atoms with Crippen molar-refractivity contribution in [2.75, 3.05) is 0 Å². The standard InChI is InChI=1S/C68H48N2/c1-42(60-39-59(54-27-23-46-13-5-9-17-50(46)35-54)41-64-62-38-56(29-31-66(62)70-68(60)64)52-25-21-44-11-3-7-15-48(44)33-52)18-19-57-36-58(53-26-22-45-12-4-8-16-49(45)34-53)40-63-61-37-55(28-30-65(61)69-67(57)63)51-24-20-43-10-2-6-14-47(43)32-51/h2-17,20-42,69-70H,18-19H2,1H3. The minimum atomic E-state index is 0.249. The summed E-state index contributed by atoms with van der Waals surface area (Å²) in [5.41, 5.74) is 17.3. The van der Waals surface area contributed by atoms with E-state index < -0.39 is 0 Å². The molecule has 0 amide bonds. The molecule has 14 aromatic rings. The number of aryl methyl sites for hydroxylation is 1. The zero-order chi connectivity index (χ0) is 46.3. The van der Waals surface area contributed by atoms with Gasteiger partial charge in [-0.25, -0.2) is 0 Å². The molecule has 2 aromatic heterocycles. The first-order chi connectivity index (χ1) is 34.5. The predicted molar refractivity (Wildman–Crippen MR) is 300 cm³/mol. The van der Waals surface area contributed by atoms with Gasteiger partial charge < -0.3 is 9.97 Å². The lowest BCUT2D eigenvalue weighted by molar-refractivity contribution is 0.685. The van der Waals surface area contributed by atoms with E-state index in [9.17, 15) is 0 Å². The fourth-order valence-electron chi connectivity index (χ4n) is 11.4. The second-order valence-electron chi connectivity index (χ2n) is 19.5. The molecule has 0 spiro atoms. The Morgan fingerprint density at radius 1 is 0.300 bits per heavy atom. The summed E-state index contributed by atoms with van der Waals surface area (Å²) in [6, 6.07) is 85.8. The van der Waals surface area contributed by atoms with Crippen molar-refractivity contribution < 1.29 is 0 Å². The molecule has 0 aliphatic carbocycles. The number of rotatable bonds is 8. The summed E-state index contributed by atoms with van der Waals surface area (Å²) >= 11 is 0. The Kier molecular flexibility index (Phi) is 9.35. The van der Waals surface area contributed by atoms with Gasteiger partial charge in [0.1, 0.15) is 0 Å². The zero-order valence-corrected chi connectivity index (χ0v) is 38.9. The van der Waals surface area contributed by atoms with Gasteiger partial charge in [-0.15, -0.1) is 0 Å². The van der Waals surface area contributed by atoms with Crippen LogP contribution in [-0.2, 0) is 6.42 Å². The van der Waals surface area contributed by atoms with Gasteiger partial charge in [-0.3, -0.25) is 0 Å². The lowest BCUT2D eigenvalue weighted by Crippen LogP contribution is -2.00. The number of aromatic nitrogens is 2. The number of hydrogen-bond donors (Lipinski definition) is 2. The van der Waals surface area contributed by atoms with Crippen molar-refractivity contribution in [2.24, 2.45) is 0 Å². The van der Waals surface area contributed by atoms with E-state index >= 15 is 0 Å². The molecule has 2 N–H and O–H groups in total. The fraction of sp³-hybridized carbons (Fsp3) is 0.0588. The van der Waals surface area contributed by atoms with Crippen LogP contribution in [0.4, 0.5) is 0 Å². The van der Waals surface area contributed by atoms with Crippen molar-refractivity contribution in [3.05, 3.63) is 242 Å². The van der Waals surface area contributed by atoms with Gasteiger partial charge in [0.05, 0.1) is 5.52 Å². The summed E-state index contributed by atoms with van der Waals surface area (Å²) in [6.07, 6.45) is 1.89. The Hall–Kier alpha value is -8.72. The first-order valence-corrected chi connectivity index (χ1v) is 24.7. The molecule has 0 saturated carbocycles. The lowest BCUT2D eigenvalue weighted by Gasteiger charge is -2.17. The maximum atomic E-state index is 3.96. The van der Waals surface area contributed by atoms with Crippen LogP contribution in [0.2, 0.25) is 0 Å². The Morgan fingerprint density at radius 3 is 1.10 bits per heavy atom. The van der Waals surface area contributed by atoms with Crippen molar-refractivity contribution in [1.29, 1.82) is 0 Å². The Morgan fingerprint density at radius 2 is 0.643 bits per heavy atom. The molecule has 70 heavy (non-hydrogen) atoms. The molecule has 0 fully saturated rings. The molecule has 2 nitrogen and oxygen atoms in total. The van der Waals surface area contributed by atoms with Crippen molar-refractivity contribution in [3.63, 3.8) is 0 Å². The van der Waals surface area contributed by atoms with Crippen molar-refractivity contribution in [2.45, 2.75) is 25.7 Å². The molecule has 0 aliphatic heterocycles. The van der Waals surface area contributed by atoms with E-state index in [2.05, 4.69) is 247 Å². The van der Waals surface area contributed by atoms with Crippen LogP contribution < -0.4 is 0 Å². The molecule has 0 aliphatic rings. The van der Waals surface area contributed by atoms with Crippen molar-refractivity contribution >= 4 is 86.7 Å². The number of aromatic amines is 2. The molecule has 0 radical (unpaired) electrons. The van der Waals surface area contributed by atoms with Crippen LogP contribution in [0.3, 0.4) is 0 Å². The summed E-state index contributed by atoms with van der Waals surface area (Å²) in [6.45, 7) is 2.43. The third-order valence-corrected chi connectivity index (χ3v) is 15.2. The third kappa shape index (κ3) is 6.94. The summed E-state index contributed by atoms with van der Waals surface area (Å²) in [5, 5.41) is 15.1. The molecule has 2 heterocycles. The summed E-state index contributed by atoms with van der Waals surface area (Å²) < 4.78 is 0. The first kappa shape index (κ1) is 40.4. The van der Waals surface area contributed by atoms with Gasteiger partial charge in [0, 0.05) is 38.1 Å². The number of fused-ring (bicyclic) bond motifs is 10. The highest BCUT2D eigenvalue weighted by molar-refractivity contribution is 6.13. The SMILES string of the molecule is CC(CCc1cc(-c2ccc3ccccc3c2)cc2c1[nH]c1ccc(-c3ccc4ccccc4c3)cc12)c1cc(-c2ccc3ccccc3c2)cc2c1[nH]c1ccc(-c3ccc4ccccc4c3)cc12. The van der Waals surface area contributed by atoms with E-state index in [0.717, 1.165) is 23.9 Å². The van der Waals surface area contributed by atoms with Gasteiger partial charge in [0.15, 0.2) is 0 Å². The minimum Gasteiger partial charge on any atom is -0.354 e. The molecule has 2 heteroatoms. The average molecular weight is 893 g/mol. The van der Waals surface area contributed by atoms with Gasteiger partial charge in [0.25, 0.3) is 0 Å². The maximum absolute atomic E-state index is 3.96. The summed E-state index contributed by atoms with van der Waals surface area (Å²) in [4.78, 5) is 7.90. The molecule has 1 unspecified atom stereocenters. The van der Waals surface area contributed by atoms with Crippen LogP contribution >= 0.6 is 0 Å².